The normalized spacial score (nSPS) is 15.2. The topological polar surface area (TPSA) is 82.9 Å². The lowest BCUT2D eigenvalue weighted by atomic mass is 10.2. The smallest absolute Gasteiger partial charge is 0.267 e. The number of amides is 1. The van der Waals surface area contributed by atoms with Gasteiger partial charge in [0.15, 0.2) is 0 Å². The maximum Gasteiger partial charge on any atom is 0.280 e. The molecule has 1 aliphatic rings. The summed E-state index contributed by atoms with van der Waals surface area (Å²) in [5.41, 5.74) is 3.07. The highest BCUT2D eigenvalue weighted by Gasteiger charge is 2.26. The number of thiazole rings is 1. The molecule has 9 heteroatoms. The van der Waals surface area contributed by atoms with E-state index in [1.807, 2.05) is 55.5 Å². The quantitative estimate of drug-likeness (QED) is 0.230. The fourth-order valence-electron chi connectivity index (χ4n) is 4.29. The first-order valence-corrected chi connectivity index (χ1v) is 14.6. The molecule has 1 aliphatic heterocycles. The Kier molecular flexibility index (Phi) is 7.45. The first-order valence-electron chi connectivity index (χ1n) is 12.3. The minimum absolute atomic E-state index is 0.195. The third kappa shape index (κ3) is 5.64. The van der Waals surface area contributed by atoms with Crippen LogP contribution in [-0.4, -0.2) is 42.9 Å². The zero-order valence-electron chi connectivity index (χ0n) is 20.6. The van der Waals surface area contributed by atoms with Crippen molar-refractivity contribution in [2.45, 2.75) is 37.5 Å². The molecule has 0 radical (unpaired) electrons. The number of fused-ring (bicyclic) bond motifs is 1. The van der Waals surface area contributed by atoms with Crippen LogP contribution < -0.4 is 5.01 Å². The number of sulfonamides is 1. The molecule has 0 N–H and O–H groups in total. The van der Waals surface area contributed by atoms with Crippen molar-refractivity contribution >= 4 is 48.8 Å². The van der Waals surface area contributed by atoms with Gasteiger partial charge >= 0.3 is 0 Å². The molecule has 2 heterocycles. The van der Waals surface area contributed by atoms with Gasteiger partial charge in [0.25, 0.3) is 5.91 Å². The van der Waals surface area contributed by atoms with Crippen molar-refractivity contribution in [2.75, 3.05) is 18.1 Å². The molecule has 5 rings (SSSR count). The van der Waals surface area contributed by atoms with E-state index in [4.69, 9.17) is 0 Å². The number of hydrogen-bond donors (Lipinski definition) is 0. The molecule has 190 valence electrons. The minimum Gasteiger partial charge on any atom is -0.267 e. The van der Waals surface area contributed by atoms with Crippen molar-refractivity contribution in [1.29, 1.82) is 0 Å². The zero-order chi connectivity index (χ0) is 25.8. The summed E-state index contributed by atoms with van der Waals surface area (Å²) in [6, 6.07) is 21.6. The van der Waals surface area contributed by atoms with Crippen molar-refractivity contribution in [2.24, 2.45) is 5.10 Å². The Morgan fingerprint density at radius 1 is 0.973 bits per heavy atom. The summed E-state index contributed by atoms with van der Waals surface area (Å²) in [6.07, 6.45) is 5.44. The van der Waals surface area contributed by atoms with Gasteiger partial charge in [-0.1, -0.05) is 60.6 Å². The number of aromatic nitrogens is 1. The standard InChI is InChI=1S/C28H28N4O3S2/c1-21-11-16-25-26(19-21)36-28(30-25)32(29-20-22-9-5-4-6-10-22)27(33)23-12-14-24(15-13-23)37(34,35)31-17-7-2-3-8-18-31/h4-6,9-16,19-20H,2-3,7-8,17-18H2,1H3/b29-20+. The van der Waals surface area contributed by atoms with Gasteiger partial charge in [-0.15, -0.1) is 0 Å². The monoisotopic (exact) mass is 532 g/mol. The fraction of sp³-hybridized carbons (Fsp3) is 0.250. The van der Waals surface area contributed by atoms with E-state index >= 15 is 0 Å². The van der Waals surface area contributed by atoms with Gasteiger partial charge in [-0.05, 0) is 67.3 Å². The van der Waals surface area contributed by atoms with E-state index in [1.165, 1.54) is 28.5 Å². The summed E-state index contributed by atoms with van der Waals surface area (Å²) < 4.78 is 28.8. The molecule has 0 saturated carbocycles. The van der Waals surface area contributed by atoms with Crippen LogP contribution in [0.5, 0.6) is 0 Å². The van der Waals surface area contributed by atoms with Crippen LogP contribution in [0.1, 0.15) is 47.2 Å². The van der Waals surface area contributed by atoms with Crippen molar-refractivity contribution in [1.82, 2.24) is 9.29 Å². The number of carbonyl (C=O) groups is 1. The zero-order valence-corrected chi connectivity index (χ0v) is 22.2. The molecule has 4 aromatic rings. The van der Waals surface area contributed by atoms with Crippen LogP contribution in [0.25, 0.3) is 10.2 Å². The molecule has 1 saturated heterocycles. The van der Waals surface area contributed by atoms with Gasteiger partial charge in [-0.25, -0.2) is 13.4 Å². The van der Waals surface area contributed by atoms with E-state index in [0.717, 1.165) is 47.0 Å². The molecule has 0 atom stereocenters. The molecule has 37 heavy (non-hydrogen) atoms. The van der Waals surface area contributed by atoms with Crippen LogP contribution in [0.15, 0.2) is 82.8 Å². The van der Waals surface area contributed by atoms with Gasteiger partial charge in [-0.2, -0.15) is 14.4 Å². The second kappa shape index (κ2) is 10.9. The lowest BCUT2D eigenvalue weighted by Gasteiger charge is -2.20. The highest BCUT2D eigenvalue weighted by atomic mass is 32.2. The average molecular weight is 533 g/mol. The SMILES string of the molecule is Cc1ccc2nc(N(/N=C/c3ccccc3)C(=O)c3ccc(S(=O)(=O)N4CCCCCC4)cc3)sc2c1. The predicted octanol–water partition coefficient (Wildman–Crippen LogP) is 5.85. The van der Waals surface area contributed by atoms with E-state index in [0.29, 0.717) is 23.8 Å². The Morgan fingerprint density at radius 3 is 2.38 bits per heavy atom. The molecule has 1 amide bonds. The minimum atomic E-state index is -3.60. The third-order valence-corrected chi connectivity index (χ3v) is 9.24. The van der Waals surface area contributed by atoms with E-state index in [1.54, 1.807) is 22.7 Å². The second-order valence-electron chi connectivity index (χ2n) is 9.08. The van der Waals surface area contributed by atoms with Crippen LogP contribution in [0.4, 0.5) is 5.13 Å². The number of anilines is 1. The maximum atomic E-state index is 13.6. The first-order chi connectivity index (χ1) is 17.9. The van der Waals surface area contributed by atoms with Gasteiger partial charge in [-0.3, -0.25) is 4.79 Å². The summed E-state index contributed by atoms with van der Waals surface area (Å²) in [4.78, 5) is 18.5. The Labute approximate surface area is 221 Å². The largest absolute Gasteiger partial charge is 0.280 e. The highest BCUT2D eigenvalue weighted by molar-refractivity contribution is 7.89. The number of carbonyl (C=O) groups excluding carboxylic acids is 1. The summed E-state index contributed by atoms with van der Waals surface area (Å²) in [6.45, 7) is 3.07. The molecule has 0 unspecified atom stereocenters. The number of aryl methyl sites for hydroxylation is 1. The average Bonchev–Trinajstić information content (AvgIpc) is 3.12. The molecular weight excluding hydrogens is 504 g/mol. The molecule has 7 nitrogen and oxygen atoms in total. The number of nitrogens with zero attached hydrogens (tertiary/aromatic N) is 4. The van der Waals surface area contributed by atoms with Gasteiger partial charge in [0.2, 0.25) is 15.2 Å². The second-order valence-corrected chi connectivity index (χ2v) is 12.0. The van der Waals surface area contributed by atoms with Crippen LogP contribution in [0.3, 0.4) is 0 Å². The number of benzene rings is 3. The summed E-state index contributed by atoms with van der Waals surface area (Å²) in [7, 11) is -3.60. The Morgan fingerprint density at radius 2 is 1.68 bits per heavy atom. The van der Waals surface area contributed by atoms with E-state index in [-0.39, 0.29) is 10.8 Å². The first kappa shape index (κ1) is 25.3. The summed E-state index contributed by atoms with van der Waals surface area (Å²) >= 11 is 1.38. The Bertz CT molecular complexity index is 1520. The fourth-order valence-corrected chi connectivity index (χ4v) is 6.82. The molecular formula is C28H28N4O3S2. The molecule has 3 aromatic carbocycles. The van der Waals surface area contributed by atoms with Crippen LogP contribution in [0, 0.1) is 6.92 Å². The van der Waals surface area contributed by atoms with Gasteiger partial charge in [0.05, 0.1) is 21.3 Å². The molecule has 0 aliphatic carbocycles. The van der Waals surface area contributed by atoms with Crippen molar-refractivity contribution in [3.05, 3.63) is 89.5 Å². The van der Waals surface area contributed by atoms with Crippen molar-refractivity contribution in [3.8, 4) is 0 Å². The summed E-state index contributed by atoms with van der Waals surface area (Å²) in [5.74, 6) is -0.387. The van der Waals surface area contributed by atoms with Gasteiger partial charge in [0, 0.05) is 18.7 Å². The Balaban J connectivity index is 1.46. The van der Waals surface area contributed by atoms with E-state index in [2.05, 4.69) is 10.1 Å². The van der Waals surface area contributed by atoms with Crippen molar-refractivity contribution < 1.29 is 13.2 Å². The number of rotatable bonds is 6. The van der Waals surface area contributed by atoms with Crippen LogP contribution in [-0.2, 0) is 10.0 Å². The summed E-state index contributed by atoms with van der Waals surface area (Å²) in [5, 5.41) is 6.22. The highest BCUT2D eigenvalue weighted by Crippen LogP contribution is 2.31. The maximum absolute atomic E-state index is 13.6. The Hall–Kier alpha value is -3.40. The molecule has 1 fully saturated rings. The van der Waals surface area contributed by atoms with E-state index in [9.17, 15) is 13.2 Å². The van der Waals surface area contributed by atoms with Gasteiger partial charge in [0.1, 0.15) is 0 Å². The lowest BCUT2D eigenvalue weighted by Crippen LogP contribution is -2.32. The number of hydrazone groups is 1. The van der Waals surface area contributed by atoms with E-state index < -0.39 is 10.0 Å². The van der Waals surface area contributed by atoms with Gasteiger partial charge < -0.3 is 0 Å². The molecule has 0 spiro atoms. The third-order valence-electron chi connectivity index (χ3n) is 6.33. The van der Waals surface area contributed by atoms with Crippen molar-refractivity contribution in [3.63, 3.8) is 0 Å². The van der Waals surface area contributed by atoms with Crippen LogP contribution >= 0.6 is 11.3 Å². The number of hydrogen-bond acceptors (Lipinski definition) is 6. The molecule has 0 bridgehead atoms. The predicted molar refractivity (Wildman–Crippen MR) is 149 cm³/mol. The molecule has 1 aromatic heterocycles. The lowest BCUT2D eigenvalue weighted by molar-refractivity contribution is 0.0987. The van der Waals surface area contributed by atoms with Crippen LogP contribution in [0.2, 0.25) is 0 Å².